The third kappa shape index (κ3) is 5.74. The predicted octanol–water partition coefficient (Wildman–Crippen LogP) is 3.62. The first-order chi connectivity index (χ1) is 17.8. The molecular formula is C29H40N6O2. The average molecular weight is 505 g/mol. The molecule has 1 saturated carbocycles. The highest BCUT2D eigenvalue weighted by molar-refractivity contribution is 5.95. The van der Waals surface area contributed by atoms with E-state index in [1.807, 2.05) is 48.9 Å². The first-order valence-electron chi connectivity index (χ1n) is 13.7. The summed E-state index contributed by atoms with van der Waals surface area (Å²) in [6, 6.07) is 6.45. The van der Waals surface area contributed by atoms with Gasteiger partial charge in [-0.3, -0.25) is 14.3 Å². The van der Waals surface area contributed by atoms with Crippen molar-refractivity contribution in [2.45, 2.75) is 71.0 Å². The smallest absolute Gasteiger partial charge is 0.254 e. The lowest BCUT2D eigenvalue weighted by Crippen LogP contribution is -2.41. The van der Waals surface area contributed by atoms with E-state index in [4.69, 9.17) is 0 Å². The van der Waals surface area contributed by atoms with Gasteiger partial charge >= 0.3 is 0 Å². The molecule has 8 nitrogen and oxygen atoms in total. The van der Waals surface area contributed by atoms with Crippen molar-refractivity contribution in [2.75, 3.05) is 25.0 Å². The van der Waals surface area contributed by atoms with E-state index in [-0.39, 0.29) is 17.9 Å². The predicted molar refractivity (Wildman–Crippen MR) is 145 cm³/mol. The van der Waals surface area contributed by atoms with Crippen LogP contribution in [0.5, 0.6) is 0 Å². The highest BCUT2D eigenvalue weighted by Gasteiger charge is 2.30. The van der Waals surface area contributed by atoms with Gasteiger partial charge in [0.05, 0.1) is 18.8 Å². The molecule has 2 N–H and O–H groups in total. The molecule has 5 rings (SSSR count). The van der Waals surface area contributed by atoms with Crippen LogP contribution >= 0.6 is 0 Å². The average Bonchev–Trinajstić information content (AvgIpc) is 3.69. The topological polar surface area (TPSA) is 82.5 Å². The van der Waals surface area contributed by atoms with Crippen molar-refractivity contribution in [3.63, 3.8) is 0 Å². The Bertz CT molecular complexity index is 1180. The lowest BCUT2D eigenvalue weighted by molar-refractivity contribution is -0.132. The van der Waals surface area contributed by atoms with Gasteiger partial charge in [-0.25, -0.2) is 0 Å². The number of likely N-dealkylation sites (tertiary alicyclic amines) is 1. The molecule has 3 aliphatic rings. The van der Waals surface area contributed by atoms with Crippen LogP contribution in [0.25, 0.3) is 0 Å². The number of aromatic nitrogens is 2. The molecule has 3 heterocycles. The molecule has 2 aliphatic heterocycles. The third-order valence-electron chi connectivity index (χ3n) is 8.30. The lowest BCUT2D eigenvalue weighted by Gasteiger charge is -2.32. The molecule has 8 heteroatoms. The van der Waals surface area contributed by atoms with Crippen molar-refractivity contribution in [3.8, 4) is 0 Å². The minimum absolute atomic E-state index is 0.0306. The molecule has 0 bridgehead atoms. The summed E-state index contributed by atoms with van der Waals surface area (Å²) in [6.45, 7) is 11.5. The Balaban J connectivity index is 1.16. The Labute approximate surface area is 220 Å². The second-order valence-electron chi connectivity index (χ2n) is 11.0. The molecular weight excluding hydrogens is 464 g/mol. The van der Waals surface area contributed by atoms with E-state index in [2.05, 4.69) is 22.3 Å². The molecule has 1 aromatic carbocycles. The SMILES string of the molecule is C=C1Nc2c(cnn2C)CN(C(=O)c2ccc(CCC(=O)N3CCC(CNC4CC4)CC3)c(C)c2)C1C. The Morgan fingerprint density at radius 2 is 1.95 bits per heavy atom. The Morgan fingerprint density at radius 1 is 1.19 bits per heavy atom. The number of piperidine rings is 1. The van der Waals surface area contributed by atoms with Crippen LogP contribution in [0.3, 0.4) is 0 Å². The van der Waals surface area contributed by atoms with Gasteiger partial charge < -0.3 is 20.4 Å². The van der Waals surface area contributed by atoms with Gasteiger partial charge in [0.25, 0.3) is 5.91 Å². The van der Waals surface area contributed by atoms with Gasteiger partial charge in [-0.2, -0.15) is 5.10 Å². The number of carbonyl (C=O) groups is 2. The number of anilines is 1. The monoisotopic (exact) mass is 504 g/mol. The number of rotatable bonds is 7. The fourth-order valence-corrected chi connectivity index (χ4v) is 5.45. The molecule has 1 saturated heterocycles. The van der Waals surface area contributed by atoms with Crippen molar-refractivity contribution in [1.82, 2.24) is 24.9 Å². The van der Waals surface area contributed by atoms with E-state index in [9.17, 15) is 9.59 Å². The van der Waals surface area contributed by atoms with Crippen LogP contribution in [0.4, 0.5) is 5.82 Å². The summed E-state index contributed by atoms with van der Waals surface area (Å²) in [7, 11) is 1.88. The van der Waals surface area contributed by atoms with Crippen molar-refractivity contribution < 1.29 is 9.59 Å². The van der Waals surface area contributed by atoms with Gasteiger partial charge in [-0.1, -0.05) is 12.6 Å². The summed E-state index contributed by atoms with van der Waals surface area (Å²) in [4.78, 5) is 30.3. The molecule has 0 spiro atoms. The fourth-order valence-electron chi connectivity index (χ4n) is 5.45. The van der Waals surface area contributed by atoms with Crippen molar-refractivity contribution in [2.24, 2.45) is 13.0 Å². The maximum Gasteiger partial charge on any atom is 0.254 e. The number of carbonyl (C=O) groups excluding carboxylic acids is 2. The van der Waals surface area contributed by atoms with Gasteiger partial charge in [0.15, 0.2) is 0 Å². The fraction of sp³-hybridized carbons (Fsp3) is 0.552. The molecule has 2 aromatic rings. The summed E-state index contributed by atoms with van der Waals surface area (Å²) < 4.78 is 1.77. The van der Waals surface area contributed by atoms with E-state index in [1.54, 1.807) is 10.9 Å². The molecule has 37 heavy (non-hydrogen) atoms. The van der Waals surface area contributed by atoms with E-state index in [1.165, 1.54) is 12.8 Å². The number of amides is 2. The highest BCUT2D eigenvalue weighted by Crippen LogP contribution is 2.28. The van der Waals surface area contributed by atoms with Crippen LogP contribution in [-0.4, -0.2) is 63.1 Å². The summed E-state index contributed by atoms with van der Waals surface area (Å²) in [5, 5.41) is 11.3. The van der Waals surface area contributed by atoms with E-state index in [0.29, 0.717) is 30.9 Å². The second-order valence-corrected chi connectivity index (χ2v) is 11.0. The molecule has 1 aliphatic carbocycles. The zero-order valence-corrected chi connectivity index (χ0v) is 22.4. The van der Waals surface area contributed by atoms with Crippen LogP contribution in [0, 0.1) is 12.8 Å². The van der Waals surface area contributed by atoms with E-state index >= 15 is 0 Å². The van der Waals surface area contributed by atoms with Gasteiger partial charge in [0, 0.05) is 49.4 Å². The molecule has 198 valence electrons. The Kier molecular flexibility index (Phi) is 7.38. The first-order valence-corrected chi connectivity index (χ1v) is 13.7. The minimum atomic E-state index is -0.161. The third-order valence-corrected chi connectivity index (χ3v) is 8.30. The molecule has 2 amide bonds. The number of aryl methyl sites for hydroxylation is 3. The number of hydrogen-bond donors (Lipinski definition) is 2. The number of hydrogen-bond acceptors (Lipinski definition) is 5. The summed E-state index contributed by atoms with van der Waals surface area (Å²) in [5.41, 5.74) is 4.56. The lowest BCUT2D eigenvalue weighted by atomic mass is 9.96. The molecule has 1 aromatic heterocycles. The molecule has 1 unspecified atom stereocenters. The second kappa shape index (κ2) is 10.7. The molecule has 1 atom stereocenters. The standard InChI is InChI=1S/C29H40N6O2/c1-19-15-24(29(37)35-18-25-17-31-33(4)28(25)32-20(2)21(35)3)6-5-23(19)7-10-27(36)34-13-11-22(12-14-34)16-30-26-8-9-26/h5-6,15,17,21-22,26,30,32H,2,7-14,16,18H2,1,3-4H3. The van der Waals surface area contributed by atoms with Gasteiger partial charge in [0.1, 0.15) is 5.82 Å². The first kappa shape index (κ1) is 25.5. The number of fused-ring (bicyclic) bond motifs is 1. The summed E-state index contributed by atoms with van der Waals surface area (Å²) >= 11 is 0. The number of benzene rings is 1. The highest BCUT2D eigenvalue weighted by atomic mass is 16.2. The normalized spacial score (nSPS) is 20.4. The number of nitrogens with one attached hydrogen (secondary N) is 2. The minimum Gasteiger partial charge on any atom is -0.343 e. The largest absolute Gasteiger partial charge is 0.343 e. The van der Waals surface area contributed by atoms with Crippen LogP contribution in [-0.2, 0) is 24.8 Å². The quantitative estimate of drug-likeness (QED) is 0.602. The summed E-state index contributed by atoms with van der Waals surface area (Å²) in [6.07, 6.45) is 7.84. The summed E-state index contributed by atoms with van der Waals surface area (Å²) in [5.74, 6) is 1.78. The van der Waals surface area contributed by atoms with Crippen LogP contribution in [0.15, 0.2) is 36.7 Å². The zero-order valence-electron chi connectivity index (χ0n) is 22.4. The van der Waals surface area contributed by atoms with Crippen LogP contribution < -0.4 is 10.6 Å². The van der Waals surface area contributed by atoms with Crippen molar-refractivity contribution in [3.05, 3.63) is 58.9 Å². The van der Waals surface area contributed by atoms with Gasteiger partial charge in [0.2, 0.25) is 5.91 Å². The van der Waals surface area contributed by atoms with Crippen molar-refractivity contribution in [1.29, 1.82) is 0 Å². The van der Waals surface area contributed by atoms with Crippen LogP contribution in [0.1, 0.15) is 66.1 Å². The van der Waals surface area contributed by atoms with E-state index < -0.39 is 0 Å². The Morgan fingerprint density at radius 3 is 2.65 bits per heavy atom. The van der Waals surface area contributed by atoms with Gasteiger partial charge in [-0.05, 0) is 81.7 Å². The van der Waals surface area contributed by atoms with Gasteiger partial charge in [-0.15, -0.1) is 0 Å². The zero-order chi connectivity index (χ0) is 26.1. The van der Waals surface area contributed by atoms with Crippen LogP contribution in [0.2, 0.25) is 0 Å². The van der Waals surface area contributed by atoms with E-state index in [0.717, 1.165) is 66.7 Å². The van der Waals surface area contributed by atoms with Crippen molar-refractivity contribution >= 4 is 17.6 Å². The maximum atomic E-state index is 13.5. The Hall–Kier alpha value is -3.13. The molecule has 2 fully saturated rings. The molecule has 0 radical (unpaired) electrons. The maximum absolute atomic E-state index is 13.5. The number of nitrogens with zero attached hydrogens (tertiary/aromatic N) is 4.